The van der Waals surface area contributed by atoms with Gasteiger partial charge in [0, 0.05) is 17.9 Å². The molecule has 0 aromatic heterocycles. The van der Waals surface area contributed by atoms with Gasteiger partial charge in [-0.2, -0.15) is 5.01 Å². The van der Waals surface area contributed by atoms with E-state index in [0.717, 1.165) is 11.1 Å². The van der Waals surface area contributed by atoms with Crippen LogP contribution in [0.2, 0.25) is 0 Å². The fourth-order valence-electron chi connectivity index (χ4n) is 3.68. The first-order valence-corrected chi connectivity index (χ1v) is 7.90. The number of benzene rings is 2. The highest BCUT2D eigenvalue weighted by molar-refractivity contribution is 5.98. The Morgan fingerprint density at radius 1 is 0.958 bits per heavy atom. The standard InChI is InChI=1S/C18H17N3O3/c22-15-11-12-19-16(13-7-3-1-4-8-13)18(21(23)24)17(20(15)19)14-9-5-2-6-10-14/h1-10,16-17H,11-12H2,(H,23,24)/t16-,17?/m1/s1. The topological polar surface area (TPSA) is 69.8 Å². The lowest BCUT2D eigenvalue weighted by molar-refractivity contribution is -0.728. The lowest BCUT2D eigenvalue weighted by atomic mass is 9.94. The lowest BCUT2D eigenvalue weighted by Crippen LogP contribution is -2.35. The summed E-state index contributed by atoms with van der Waals surface area (Å²) in [6.45, 7) is 0.527. The zero-order chi connectivity index (χ0) is 16.7. The van der Waals surface area contributed by atoms with Crippen LogP contribution in [0.5, 0.6) is 0 Å². The summed E-state index contributed by atoms with van der Waals surface area (Å²) in [6, 6.07) is 17.8. The summed E-state index contributed by atoms with van der Waals surface area (Å²) in [5, 5.41) is 25.4. The van der Waals surface area contributed by atoms with Crippen molar-refractivity contribution < 1.29 is 14.9 Å². The molecule has 2 fully saturated rings. The average molecular weight is 323 g/mol. The molecule has 1 N–H and O–H groups in total. The van der Waals surface area contributed by atoms with Gasteiger partial charge >= 0.3 is 0 Å². The van der Waals surface area contributed by atoms with E-state index in [0.29, 0.717) is 13.0 Å². The van der Waals surface area contributed by atoms with E-state index in [9.17, 15) is 15.2 Å². The van der Waals surface area contributed by atoms with E-state index in [4.69, 9.17) is 0 Å². The van der Waals surface area contributed by atoms with Gasteiger partial charge in [-0.1, -0.05) is 60.7 Å². The van der Waals surface area contributed by atoms with Crippen molar-refractivity contribution in [1.82, 2.24) is 10.0 Å². The van der Waals surface area contributed by atoms with Gasteiger partial charge in [0.1, 0.15) is 6.04 Å². The first kappa shape index (κ1) is 14.7. The number of hydrogen-bond acceptors (Lipinski definition) is 4. The smallest absolute Gasteiger partial charge is 0.273 e. The van der Waals surface area contributed by atoms with E-state index in [1.165, 1.54) is 0 Å². The minimum atomic E-state index is -0.589. The molecule has 0 saturated carbocycles. The number of carbonyl (C=O) groups is 1. The van der Waals surface area contributed by atoms with Crippen LogP contribution in [-0.2, 0) is 4.79 Å². The Morgan fingerprint density at radius 2 is 1.50 bits per heavy atom. The van der Waals surface area contributed by atoms with Crippen molar-refractivity contribution >= 4 is 11.6 Å². The minimum absolute atomic E-state index is 0.0402. The second kappa shape index (κ2) is 5.65. The third-order valence-electron chi connectivity index (χ3n) is 4.64. The Labute approximate surface area is 139 Å². The van der Waals surface area contributed by atoms with Crippen LogP contribution in [0.3, 0.4) is 0 Å². The van der Waals surface area contributed by atoms with Gasteiger partial charge in [0.2, 0.25) is 5.91 Å². The zero-order valence-electron chi connectivity index (χ0n) is 12.9. The first-order valence-electron chi connectivity index (χ1n) is 7.90. The molecule has 122 valence electrons. The normalized spacial score (nSPS) is 25.8. The Kier molecular flexibility index (Phi) is 3.46. The number of hydrazine groups is 1. The molecule has 6 nitrogen and oxygen atoms in total. The van der Waals surface area contributed by atoms with Crippen LogP contribution in [0.15, 0.2) is 60.7 Å². The van der Waals surface area contributed by atoms with Crippen molar-refractivity contribution in [2.24, 2.45) is 0 Å². The molecule has 0 radical (unpaired) electrons. The molecule has 2 aromatic carbocycles. The maximum Gasteiger partial charge on any atom is 0.273 e. The van der Waals surface area contributed by atoms with Gasteiger partial charge in [0.05, 0.1) is 0 Å². The largest absolute Gasteiger partial charge is 0.417 e. The highest BCUT2D eigenvalue weighted by Crippen LogP contribution is 2.44. The van der Waals surface area contributed by atoms with Crippen molar-refractivity contribution in [1.29, 1.82) is 0 Å². The summed E-state index contributed by atoms with van der Waals surface area (Å²) in [4.78, 5) is 12.4. The van der Waals surface area contributed by atoms with Gasteiger partial charge in [-0.25, -0.2) is 0 Å². The highest BCUT2D eigenvalue weighted by Gasteiger charge is 2.56. The third-order valence-corrected chi connectivity index (χ3v) is 4.64. The van der Waals surface area contributed by atoms with Crippen LogP contribution in [0.25, 0.3) is 0 Å². The Morgan fingerprint density at radius 3 is 2.04 bits per heavy atom. The Balaban J connectivity index is 1.90. The molecule has 1 amide bonds. The van der Waals surface area contributed by atoms with Crippen molar-refractivity contribution in [3.63, 3.8) is 0 Å². The fourth-order valence-corrected chi connectivity index (χ4v) is 3.68. The molecule has 0 spiro atoms. The van der Waals surface area contributed by atoms with E-state index in [1.807, 2.05) is 65.7 Å². The predicted molar refractivity (Wildman–Crippen MR) is 87.0 cm³/mol. The second-order valence-electron chi connectivity index (χ2n) is 5.98. The molecular weight excluding hydrogens is 306 g/mol. The van der Waals surface area contributed by atoms with Crippen molar-refractivity contribution in [2.75, 3.05) is 6.54 Å². The van der Waals surface area contributed by atoms with Gasteiger partial charge < -0.3 is 5.21 Å². The number of carbonyl (C=O) groups excluding carboxylic acids is 1. The summed E-state index contributed by atoms with van der Waals surface area (Å²) in [7, 11) is 0. The molecule has 0 bridgehead atoms. The maximum atomic E-state index is 12.5. The number of nitrogens with zero attached hydrogens (tertiary/aromatic N) is 3. The second-order valence-corrected chi connectivity index (χ2v) is 5.98. The number of hydrogen-bond donors (Lipinski definition) is 1. The Bertz CT molecular complexity index is 788. The van der Waals surface area contributed by atoms with Crippen molar-refractivity contribution in [3.05, 3.63) is 77.0 Å². The molecule has 0 aliphatic carbocycles. The van der Waals surface area contributed by atoms with Gasteiger partial charge in [-0.3, -0.25) is 15.0 Å². The predicted octanol–water partition coefficient (Wildman–Crippen LogP) is 2.27. The minimum Gasteiger partial charge on any atom is -0.417 e. The van der Waals surface area contributed by atoms with Gasteiger partial charge in [-0.15, -0.1) is 0 Å². The number of fused-ring (bicyclic) bond motifs is 1. The molecule has 4 rings (SSSR count). The molecule has 2 aliphatic heterocycles. The molecule has 2 heterocycles. The van der Waals surface area contributed by atoms with Gasteiger partial charge in [-0.05, 0) is 11.1 Å². The van der Waals surface area contributed by atoms with E-state index in [-0.39, 0.29) is 16.5 Å². The molecule has 1 unspecified atom stereocenters. The quantitative estimate of drug-likeness (QED) is 0.523. The molecule has 6 heteroatoms. The highest BCUT2D eigenvalue weighted by atomic mass is 16.8. The van der Waals surface area contributed by atoms with E-state index >= 15 is 0 Å². The average Bonchev–Trinajstić information content (AvgIpc) is 3.14. The summed E-state index contributed by atoms with van der Waals surface area (Å²) >= 11 is 0. The van der Waals surface area contributed by atoms with Crippen molar-refractivity contribution in [2.45, 2.75) is 18.5 Å². The van der Waals surface area contributed by atoms with Crippen molar-refractivity contribution in [3.8, 4) is 0 Å². The van der Waals surface area contributed by atoms with Crippen LogP contribution in [0.1, 0.15) is 29.6 Å². The summed E-state index contributed by atoms with van der Waals surface area (Å²) in [5.41, 5.74) is 1.93. The summed E-state index contributed by atoms with van der Waals surface area (Å²) in [6.07, 6.45) is 0.407. The summed E-state index contributed by atoms with van der Waals surface area (Å²) < 4.78 is 0. The SMILES string of the molecule is O=C1CCN2[C@H](c3ccccc3)C(=[N+]([O-])O)C(c3ccccc3)N12. The van der Waals surface area contributed by atoms with Crippen LogP contribution < -0.4 is 0 Å². The van der Waals surface area contributed by atoms with Gasteiger partial charge in [0.15, 0.2) is 6.04 Å². The van der Waals surface area contributed by atoms with Crippen LogP contribution in [-0.4, -0.2) is 38.3 Å². The first-order chi connectivity index (χ1) is 11.7. The molecule has 2 saturated heterocycles. The van der Waals surface area contributed by atoms with Gasteiger partial charge in [0.25, 0.3) is 5.71 Å². The molecule has 2 aromatic rings. The summed E-state index contributed by atoms with van der Waals surface area (Å²) in [5.74, 6) is -0.0402. The third kappa shape index (κ3) is 2.15. The fraction of sp³-hybridized carbons (Fsp3) is 0.222. The number of rotatable bonds is 2. The molecule has 2 aliphatic rings. The lowest BCUT2D eigenvalue weighted by Gasteiger charge is -2.25. The van der Waals surface area contributed by atoms with E-state index in [1.54, 1.807) is 5.01 Å². The van der Waals surface area contributed by atoms with Crippen LogP contribution >= 0.6 is 0 Å². The Hall–Kier alpha value is -2.86. The zero-order valence-corrected chi connectivity index (χ0v) is 12.9. The molecular formula is C18H17N3O3. The molecule has 2 atom stereocenters. The van der Waals surface area contributed by atoms with E-state index < -0.39 is 12.1 Å². The van der Waals surface area contributed by atoms with Crippen LogP contribution in [0, 0.1) is 5.21 Å². The molecule has 24 heavy (non-hydrogen) atoms. The van der Waals surface area contributed by atoms with Crippen LogP contribution in [0.4, 0.5) is 0 Å². The number of amides is 1. The van der Waals surface area contributed by atoms with E-state index in [2.05, 4.69) is 0 Å². The monoisotopic (exact) mass is 323 g/mol. The maximum absolute atomic E-state index is 12.5.